The third kappa shape index (κ3) is 3.50. The van der Waals surface area contributed by atoms with E-state index in [2.05, 4.69) is 4.98 Å². The summed E-state index contributed by atoms with van der Waals surface area (Å²) in [4.78, 5) is 4.78. The van der Waals surface area contributed by atoms with E-state index in [4.69, 9.17) is 22.7 Å². The molecule has 134 valence electrons. The summed E-state index contributed by atoms with van der Waals surface area (Å²) in [6.07, 6.45) is 3.37. The smallest absolute Gasteiger partial charge is 0.208 e. The summed E-state index contributed by atoms with van der Waals surface area (Å²) < 4.78 is 26.9. The number of halogens is 1. The Labute approximate surface area is 164 Å². The molecule has 1 aromatic carbocycles. The van der Waals surface area contributed by atoms with Crippen molar-refractivity contribution in [2.75, 3.05) is 6.26 Å². The quantitative estimate of drug-likeness (QED) is 0.276. The van der Waals surface area contributed by atoms with E-state index in [1.54, 1.807) is 48.9 Å². The molecule has 9 heteroatoms. The van der Waals surface area contributed by atoms with Gasteiger partial charge in [0.2, 0.25) is 9.84 Å². The minimum absolute atomic E-state index is 0.150. The number of hydrogen-bond donors (Lipinski definition) is 2. The third-order valence-corrected chi connectivity index (χ3v) is 8.26. The Morgan fingerprint density at radius 2 is 2.04 bits per heavy atom. The predicted molar refractivity (Wildman–Crippen MR) is 107 cm³/mol. The molecule has 3 rings (SSSR count). The fraction of sp³-hybridized carbons (Fsp3) is 0.0588. The van der Waals surface area contributed by atoms with Gasteiger partial charge in [0.05, 0.1) is 18.9 Å². The van der Waals surface area contributed by atoms with Crippen molar-refractivity contribution in [3.8, 4) is 11.1 Å². The molecule has 0 spiro atoms. The number of nitrogen functional groups attached to an aromatic ring is 1. The summed E-state index contributed by atoms with van der Waals surface area (Å²) in [6, 6.07) is 11.6. The van der Waals surface area contributed by atoms with Gasteiger partial charge in [-0.15, -0.1) is 23.1 Å². The fourth-order valence-electron chi connectivity index (χ4n) is 2.38. The number of nitrogens with one attached hydrogen (secondary N) is 1. The lowest BCUT2D eigenvalue weighted by Crippen LogP contribution is -2.08. The number of nitrogens with two attached hydrogens (primary N) is 1. The van der Waals surface area contributed by atoms with Gasteiger partial charge in [0.15, 0.2) is 0 Å². The molecule has 0 radical (unpaired) electrons. The molecule has 5 nitrogen and oxygen atoms in total. The molecule has 2 heterocycles. The zero-order chi connectivity index (χ0) is 18.9. The van der Waals surface area contributed by atoms with Crippen LogP contribution in [0.5, 0.6) is 0 Å². The van der Waals surface area contributed by atoms with E-state index in [9.17, 15) is 8.42 Å². The van der Waals surface area contributed by atoms with Gasteiger partial charge < -0.3 is 5.73 Å². The van der Waals surface area contributed by atoms with Crippen LogP contribution in [0.15, 0.2) is 62.7 Å². The van der Waals surface area contributed by atoms with Gasteiger partial charge in [0.1, 0.15) is 11.0 Å². The highest BCUT2D eigenvalue weighted by Crippen LogP contribution is 2.37. The van der Waals surface area contributed by atoms with E-state index in [-0.39, 0.29) is 15.6 Å². The van der Waals surface area contributed by atoms with Crippen molar-refractivity contribution in [3.63, 3.8) is 0 Å². The molecule has 0 amide bonds. The van der Waals surface area contributed by atoms with Crippen molar-refractivity contribution in [2.45, 2.75) is 14.0 Å². The van der Waals surface area contributed by atoms with Gasteiger partial charge in [0.25, 0.3) is 0 Å². The van der Waals surface area contributed by atoms with Gasteiger partial charge in [-0.1, -0.05) is 23.7 Å². The number of thiophene rings is 1. The number of amidine groups is 1. The first-order valence-electron chi connectivity index (χ1n) is 7.33. The highest BCUT2D eigenvalue weighted by molar-refractivity contribution is 8.01. The normalized spacial score (nSPS) is 11.5. The number of nitrogens with zero attached hydrogens (tertiary/aromatic N) is 1. The van der Waals surface area contributed by atoms with E-state index >= 15 is 0 Å². The summed E-state index contributed by atoms with van der Waals surface area (Å²) in [5.74, 6) is -0.150. The van der Waals surface area contributed by atoms with E-state index in [0.29, 0.717) is 25.4 Å². The second-order valence-corrected chi connectivity index (χ2v) is 9.66. The molecule has 0 aliphatic carbocycles. The van der Waals surface area contributed by atoms with Crippen LogP contribution < -0.4 is 5.73 Å². The fourth-order valence-corrected chi connectivity index (χ4v) is 6.51. The molecule has 0 fully saturated rings. The van der Waals surface area contributed by atoms with E-state index in [0.717, 1.165) is 0 Å². The predicted octanol–water partition coefficient (Wildman–Crippen LogP) is 4.30. The van der Waals surface area contributed by atoms with Gasteiger partial charge >= 0.3 is 0 Å². The molecule has 0 bridgehead atoms. The van der Waals surface area contributed by atoms with Crippen LogP contribution in [-0.2, 0) is 9.84 Å². The van der Waals surface area contributed by atoms with Crippen LogP contribution in [0.1, 0.15) is 4.88 Å². The van der Waals surface area contributed by atoms with Crippen LogP contribution in [-0.4, -0.2) is 25.5 Å². The van der Waals surface area contributed by atoms with Crippen molar-refractivity contribution < 1.29 is 8.42 Å². The second-order valence-electron chi connectivity index (χ2n) is 5.25. The molecule has 0 aliphatic rings. The summed E-state index contributed by atoms with van der Waals surface area (Å²) in [6.45, 7) is 0. The Hall–Kier alpha value is -1.87. The van der Waals surface area contributed by atoms with E-state index in [1.807, 2.05) is 0 Å². The van der Waals surface area contributed by atoms with Crippen LogP contribution in [0.2, 0.25) is 5.15 Å². The monoisotopic (exact) mass is 423 g/mol. The van der Waals surface area contributed by atoms with Crippen molar-refractivity contribution in [3.05, 3.63) is 58.7 Å². The minimum atomic E-state index is -3.76. The molecule has 0 unspecified atom stereocenters. The highest BCUT2D eigenvalue weighted by atomic mass is 35.5. The Morgan fingerprint density at radius 1 is 1.27 bits per heavy atom. The van der Waals surface area contributed by atoms with Crippen LogP contribution in [0.3, 0.4) is 0 Å². The van der Waals surface area contributed by atoms with Gasteiger partial charge in [-0.05, 0) is 42.2 Å². The van der Waals surface area contributed by atoms with E-state index < -0.39 is 9.84 Å². The van der Waals surface area contributed by atoms with Crippen molar-refractivity contribution in [1.29, 1.82) is 5.41 Å². The number of pyridine rings is 1. The summed E-state index contributed by atoms with van der Waals surface area (Å²) in [5, 5.41) is 7.87. The number of rotatable bonds is 5. The average Bonchev–Trinajstić information content (AvgIpc) is 3.08. The van der Waals surface area contributed by atoms with Gasteiger partial charge in [-0.25, -0.2) is 13.4 Å². The lowest BCUT2D eigenvalue weighted by atomic mass is 10.1. The number of aromatic nitrogens is 1. The largest absolute Gasteiger partial charge is 0.383 e. The lowest BCUT2D eigenvalue weighted by Gasteiger charge is -2.08. The maximum Gasteiger partial charge on any atom is 0.208 e. The lowest BCUT2D eigenvalue weighted by molar-refractivity contribution is 0.595. The Bertz CT molecular complexity index is 1090. The maximum absolute atomic E-state index is 13.2. The Morgan fingerprint density at radius 3 is 2.69 bits per heavy atom. The van der Waals surface area contributed by atoms with E-state index in [1.165, 1.54) is 29.2 Å². The zero-order valence-electron chi connectivity index (χ0n) is 13.6. The molecule has 0 saturated heterocycles. The second kappa shape index (κ2) is 7.40. The summed E-state index contributed by atoms with van der Waals surface area (Å²) in [5.41, 5.74) is 6.84. The van der Waals surface area contributed by atoms with Crippen LogP contribution in [0.4, 0.5) is 0 Å². The van der Waals surface area contributed by atoms with Crippen molar-refractivity contribution in [2.24, 2.45) is 5.73 Å². The standard InChI is InChI=1S/C17H14ClN3O2S3/c1-24-17-14(9-13(25-17)16(19)20)26(22,23)11-5-2-4-10(8-11)12-6-3-7-21-15(12)18/h2-9H,1H3,(H3,19,20). The van der Waals surface area contributed by atoms with Crippen LogP contribution in [0, 0.1) is 5.41 Å². The molecule has 26 heavy (non-hydrogen) atoms. The summed E-state index contributed by atoms with van der Waals surface area (Å²) in [7, 11) is -3.76. The SMILES string of the molecule is CSc1sc(C(=N)N)cc1S(=O)(=O)c1cccc(-c2cccnc2Cl)c1. The maximum atomic E-state index is 13.2. The number of benzene rings is 1. The zero-order valence-corrected chi connectivity index (χ0v) is 16.8. The molecule has 3 aromatic rings. The minimum Gasteiger partial charge on any atom is -0.383 e. The molecule has 0 aliphatic heterocycles. The number of hydrogen-bond acceptors (Lipinski definition) is 6. The van der Waals surface area contributed by atoms with Crippen LogP contribution in [0.25, 0.3) is 11.1 Å². The van der Waals surface area contributed by atoms with Crippen molar-refractivity contribution in [1.82, 2.24) is 4.98 Å². The Kier molecular flexibility index (Phi) is 5.38. The van der Waals surface area contributed by atoms with Gasteiger partial charge in [-0.3, -0.25) is 5.41 Å². The number of sulfone groups is 1. The first-order valence-corrected chi connectivity index (χ1v) is 11.2. The molecular weight excluding hydrogens is 410 g/mol. The molecule has 2 aromatic heterocycles. The molecule has 0 saturated carbocycles. The van der Waals surface area contributed by atoms with Crippen LogP contribution >= 0.6 is 34.7 Å². The third-order valence-electron chi connectivity index (χ3n) is 3.62. The summed E-state index contributed by atoms with van der Waals surface area (Å²) >= 11 is 8.64. The Balaban J connectivity index is 2.13. The van der Waals surface area contributed by atoms with Gasteiger partial charge in [-0.2, -0.15) is 0 Å². The highest BCUT2D eigenvalue weighted by Gasteiger charge is 2.25. The number of thioether (sulfide) groups is 1. The van der Waals surface area contributed by atoms with Gasteiger partial charge in [0, 0.05) is 11.8 Å². The first kappa shape index (κ1) is 18.9. The average molecular weight is 424 g/mol. The first-order chi connectivity index (χ1) is 12.3. The topological polar surface area (TPSA) is 96.9 Å². The molecule has 3 N–H and O–H groups in total. The molecule has 0 atom stereocenters. The molecular formula is C17H14ClN3O2S3. The van der Waals surface area contributed by atoms with Crippen molar-refractivity contribution >= 4 is 50.4 Å².